The Bertz CT molecular complexity index is 1600. The summed E-state index contributed by atoms with van der Waals surface area (Å²) in [5.74, 6) is -1.17. The van der Waals surface area contributed by atoms with Crippen LogP contribution in [-0.4, -0.2) is 63.6 Å². The Morgan fingerprint density at radius 2 is 1.68 bits per heavy atom. The standard InChI is InChI=1S/C31H35N7O6/c1-30(2,3)44-29(42)38(25-13-8-9-16-32-25)17-10-18-43-27(40)31(4,36-28(41)34-23-11-6-5-7-12-23)35-26(39)21-14-15-24-22(19-21)20-33-37-24/h5-9,11-16,19-20H,10,17-18H2,1-4H3,(H,33,37)(H,35,39)(H2,34,36,41). The van der Waals surface area contributed by atoms with Crippen LogP contribution in [0.1, 0.15) is 44.5 Å². The van der Waals surface area contributed by atoms with E-state index in [9.17, 15) is 19.2 Å². The number of urea groups is 1. The van der Waals surface area contributed by atoms with Gasteiger partial charge in [0.05, 0.1) is 18.3 Å². The van der Waals surface area contributed by atoms with Gasteiger partial charge in [0.25, 0.3) is 5.91 Å². The summed E-state index contributed by atoms with van der Waals surface area (Å²) in [6, 6.07) is 17.8. The Kier molecular flexibility index (Phi) is 9.78. The van der Waals surface area contributed by atoms with E-state index in [4.69, 9.17) is 9.47 Å². The zero-order valence-electron chi connectivity index (χ0n) is 24.9. The number of H-pyrrole nitrogens is 1. The molecule has 4 aromatic rings. The van der Waals surface area contributed by atoms with Crippen LogP contribution in [0.15, 0.2) is 79.1 Å². The number of carbonyl (C=O) groups excluding carboxylic acids is 4. The van der Waals surface area contributed by atoms with Gasteiger partial charge in [0, 0.05) is 29.4 Å². The lowest BCUT2D eigenvalue weighted by molar-refractivity contribution is -0.151. The van der Waals surface area contributed by atoms with Gasteiger partial charge in [0.1, 0.15) is 11.4 Å². The lowest BCUT2D eigenvalue weighted by atomic mass is 10.1. The molecule has 0 aliphatic heterocycles. The fraction of sp³-hybridized carbons (Fsp3) is 0.290. The number of hydrogen-bond acceptors (Lipinski definition) is 8. The molecule has 4 rings (SSSR count). The number of nitrogens with one attached hydrogen (secondary N) is 4. The van der Waals surface area contributed by atoms with Crippen LogP contribution in [0.2, 0.25) is 0 Å². The fourth-order valence-corrected chi connectivity index (χ4v) is 4.09. The number of hydrogen-bond donors (Lipinski definition) is 4. The maximum atomic E-state index is 13.4. The molecule has 13 heteroatoms. The molecule has 0 fully saturated rings. The topological polar surface area (TPSA) is 168 Å². The van der Waals surface area contributed by atoms with Gasteiger partial charge in [-0.15, -0.1) is 0 Å². The van der Waals surface area contributed by atoms with E-state index in [1.165, 1.54) is 11.8 Å². The van der Waals surface area contributed by atoms with Crippen LogP contribution in [0.3, 0.4) is 0 Å². The third-order valence-electron chi connectivity index (χ3n) is 6.17. The number of fused-ring (bicyclic) bond motifs is 1. The van der Waals surface area contributed by atoms with E-state index in [2.05, 4.69) is 31.1 Å². The number of amides is 4. The van der Waals surface area contributed by atoms with Crippen LogP contribution in [0.5, 0.6) is 0 Å². The lowest BCUT2D eigenvalue weighted by Crippen LogP contribution is -2.64. The summed E-state index contributed by atoms with van der Waals surface area (Å²) < 4.78 is 11.0. The molecule has 1 unspecified atom stereocenters. The number of esters is 1. The fourth-order valence-electron chi connectivity index (χ4n) is 4.09. The Labute approximate surface area is 254 Å². The second kappa shape index (κ2) is 13.7. The van der Waals surface area contributed by atoms with Crippen LogP contribution in [0.25, 0.3) is 10.9 Å². The molecule has 0 aliphatic rings. The van der Waals surface area contributed by atoms with Gasteiger partial charge >= 0.3 is 18.1 Å². The molecule has 0 saturated carbocycles. The highest BCUT2D eigenvalue weighted by atomic mass is 16.6. The molecule has 0 radical (unpaired) electrons. The van der Waals surface area contributed by atoms with Crippen molar-refractivity contribution in [1.82, 2.24) is 25.8 Å². The van der Waals surface area contributed by atoms with E-state index >= 15 is 0 Å². The maximum absolute atomic E-state index is 13.4. The summed E-state index contributed by atoms with van der Waals surface area (Å²) >= 11 is 0. The molecular formula is C31H35N7O6. The van der Waals surface area contributed by atoms with Crippen LogP contribution in [0, 0.1) is 0 Å². The van der Waals surface area contributed by atoms with Crippen molar-refractivity contribution in [2.75, 3.05) is 23.4 Å². The van der Waals surface area contributed by atoms with E-state index < -0.39 is 35.3 Å². The largest absolute Gasteiger partial charge is 0.462 e. The number of carbonyl (C=O) groups is 4. The molecule has 0 spiro atoms. The van der Waals surface area contributed by atoms with Crippen molar-refractivity contribution < 1.29 is 28.7 Å². The minimum atomic E-state index is -1.97. The van der Waals surface area contributed by atoms with Gasteiger partial charge in [-0.25, -0.2) is 19.4 Å². The van der Waals surface area contributed by atoms with Gasteiger partial charge in [-0.3, -0.25) is 14.8 Å². The zero-order valence-corrected chi connectivity index (χ0v) is 24.9. The first-order chi connectivity index (χ1) is 20.9. The van der Waals surface area contributed by atoms with Gasteiger partial charge in [-0.1, -0.05) is 24.3 Å². The summed E-state index contributed by atoms with van der Waals surface area (Å²) in [6.07, 6.45) is 2.72. The van der Waals surface area contributed by atoms with E-state index in [0.717, 1.165) is 5.52 Å². The van der Waals surface area contributed by atoms with Crippen molar-refractivity contribution in [3.63, 3.8) is 0 Å². The predicted octanol–water partition coefficient (Wildman–Crippen LogP) is 4.60. The van der Waals surface area contributed by atoms with Crippen molar-refractivity contribution in [2.24, 2.45) is 0 Å². The van der Waals surface area contributed by atoms with Crippen molar-refractivity contribution in [3.05, 3.63) is 84.7 Å². The Morgan fingerprint density at radius 1 is 0.932 bits per heavy atom. The van der Waals surface area contributed by atoms with Gasteiger partial charge in [-0.2, -0.15) is 5.10 Å². The molecule has 2 aromatic carbocycles. The maximum Gasteiger partial charge on any atom is 0.416 e. The molecule has 0 aliphatic carbocycles. The Morgan fingerprint density at radius 3 is 2.39 bits per heavy atom. The normalized spacial score (nSPS) is 12.5. The second-order valence-electron chi connectivity index (χ2n) is 11.0. The van der Waals surface area contributed by atoms with E-state index in [1.807, 2.05) is 0 Å². The molecule has 230 valence electrons. The average molecular weight is 602 g/mol. The zero-order chi connectivity index (χ0) is 31.7. The van der Waals surface area contributed by atoms with Crippen molar-refractivity contribution in [1.29, 1.82) is 0 Å². The van der Waals surface area contributed by atoms with Gasteiger partial charge < -0.3 is 25.4 Å². The monoisotopic (exact) mass is 601 g/mol. The van der Waals surface area contributed by atoms with Crippen LogP contribution < -0.4 is 20.9 Å². The molecule has 0 saturated heterocycles. The highest BCUT2D eigenvalue weighted by molar-refractivity contribution is 6.02. The smallest absolute Gasteiger partial charge is 0.416 e. The van der Waals surface area contributed by atoms with Gasteiger partial charge in [0.2, 0.25) is 5.66 Å². The summed E-state index contributed by atoms with van der Waals surface area (Å²) in [5.41, 5.74) is -1.24. The van der Waals surface area contributed by atoms with Crippen molar-refractivity contribution >= 4 is 46.4 Å². The third kappa shape index (κ3) is 8.53. The number of ether oxygens (including phenoxy) is 2. The first-order valence-electron chi connectivity index (χ1n) is 13.9. The third-order valence-corrected chi connectivity index (χ3v) is 6.17. The number of rotatable bonds is 10. The summed E-state index contributed by atoms with van der Waals surface area (Å²) in [7, 11) is 0. The number of benzene rings is 2. The number of aromatic nitrogens is 3. The van der Waals surface area contributed by atoms with Crippen molar-refractivity contribution in [2.45, 2.75) is 45.4 Å². The molecule has 1 atom stereocenters. The summed E-state index contributed by atoms with van der Waals surface area (Å²) in [4.78, 5) is 58.0. The lowest BCUT2D eigenvalue weighted by Gasteiger charge is -2.30. The predicted molar refractivity (Wildman–Crippen MR) is 164 cm³/mol. The van der Waals surface area contributed by atoms with E-state index in [1.54, 1.807) is 99.9 Å². The van der Waals surface area contributed by atoms with Crippen LogP contribution >= 0.6 is 0 Å². The summed E-state index contributed by atoms with van der Waals surface area (Å²) in [6.45, 7) is 6.58. The Balaban J connectivity index is 1.45. The van der Waals surface area contributed by atoms with Gasteiger partial charge in [-0.05, 0) is 76.6 Å². The molecule has 13 nitrogen and oxygen atoms in total. The molecule has 0 bridgehead atoms. The van der Waals surface area contributed by atoms with Crippen LogP contribution in [-0.2, 0) is 14.3 Å². The molecular weight excluding hydrogens is 566 g/mol. The number of para-hydroxylation sites is 1. The highest BCUT2D eigenvalue weighted by Crippen LogP contribution is 2.17. The van der Waals surface area contributed by atoms with Gasteiger partial charge in [0.15, 0.2) is 0 Å². The minimum absolute atomic E-state index is 0.120. The first kappa shape index (κ1) is 31.5. The number of nitrogens with zero attached hydrogens (tertiary/aromatic N) is 3. The summed E-state index contributed by atoms with van der Waals surface area (Å²) in [5, 5.41) is 15.2. The second-order valence-corrected chi connectivity index (χ2v) is 11.0. The highest BCUT2D eigenvalue weighted by Gasteiger charge is 2.39. The molecule has 4 N–H and O–H groups in total. The SMILES string of the molecule is CC(C)(C)OC(=O)N(CCCOC(=O)C(C)(NC(=O)Nc1ccccc1)NC(=O)c1ccc2[nH]ncc2c1)c1ccccn1. The number of aromatic amines is 1. The first-order valence-corrected chi connectivity index (χ1v) is 13.9. The number of pyridine rings is 1. The molecule has 2 heterocycles. The number of anilines is 2. The van der Waals surface area contributed by atoms with E-state index in [0.29, 0.717) is 16.9 Å². The molecule has 44 heavy (non-hydrogen) atoms. The molecule has 4 amide bonds. The van der Waals surface area contributed by atoms with Crippen LogP contribution in [0.4, 0.5) is 21.1 Å². The quantitative estimate of drug-likeness (QED) is 0.116. The van der Waals surface area contributed by atoms with Crippen molar-refractivity contribution in [3.8, 4) is 0 Å². The van der Waals surface area contributed by atoms with E-state index in [-0.39, 0.29) is 25.1 Å². The average Bonchev–Trinajstić information content (AvgIpc) is 3.45. The molecule has 2 aromatic heterocycles. The minimum Gasteiger partial charge on any atom is -0.462 e. The Hall–Kier alpha value is -5.46.